The first-order chi connectivity index (χ1) is 9.14. The molecule has 0 spiro atoms. The summed E-state index contributed by atoms with van der Waals surface area (Å²) in [6.45, 7) is 1.04. The molecule has 1 atom stereocenters. The molecule has 0 radical (unpaired) electrons. The van der Waals surface area contributed by atoms with Crippen LogP contribution in [0.3, 0.4) is 0 Å². The topological polar surface area (TPSA) is 55.4 Å². The van der Waals surface area contributed by atoms with Gasteiger partial charge in [0.05, 0.1) is 11.5 Å². The average Bonchev–Trinajstić information content (AvgIpc) is 2.38. The number of sulfone groups is 1. The van der Waals surface area contributed by atoms with Crippen LogP contribution in [0.5, 0.6) is 5.75 Å². The molecule has 2 fully saturated rings. The third kappa shape index (κ3) is 2.92. The summed E-state index contributed by atoms with van der Waals surface area (Å²) in [6, 6.07) is 8.30. The van der Waals surface area contributed by atoms with Gasteiger partial charge in [0.2, 0.25) is 0 Å². The van der Waals surface area contributed by atoms with Gasteiger partial charge in [0, 0.05) is 11.6 Å². The molecular formula is C14H19NO3S. The Kier molecular flexibility index (Phi) is 3.50. The van der Waals surface area contributed by atoms with E-state index < -0.39 is 9.84 Å². The van der Waals surface area contributed by atoms with E-state index in [2.05, 4.69) is 11.4 Å². The van der Waals surface area contributed by atoms with Gasteiger partial charge < -0.3 is 10.1 Å². The van der Waals surface area contributed by atoms with Crippen molar-refractivity contribution >= 4 is 9.84 Å². The van der Waals surface area contributed by atoms with Gasteiger partial charge in [0.1, 0.15) is 11.9 Å². The standard InChI is InChI=1S/C14H19NO3S/c16-19(17)9-11(10-19)18-14-7-2-1-5-12(14)13-6-3-4-8-15-13/h1-2,5,7,11,13,15H,3-4,6,8-10H2. The molecule has 0 amide bonds. The van der Waals surface area contributed by atoms with Crippen molar-refractivity contribution in [2.45, 2.75) is 31.4 Å². The number of benzene rings is 1. The molecule has 0 saturated carbocycles. The Hall–Kier alpha value is -1.07. The highest BCUT2D eigenvalue weighted by Crippen LogP contribution is 2.32. The zero-order valence-electron chi connectivity index (χ0n) is 10.8. The molecule has 4 nitrogen and oxygen atoms in total. The quantitative estimate of drug-likeness (QED) is 0.916. The number of rotatable bonds is 3. The van der Waals surface area contributed by atoms with Crippen LogP contribution < -0.4 is 10.1 Å². The summed E-state index contributed by atoms with van der Waals surface area (Å²) in [6.07, 6.45) is 3.39. The molecule has 0 bridgehead atoms. The SMILES string of the molecule is O=S1(=O)CC(Oc2ccccc2C2CCCCN2)C1. The van der Waals surface area contributed by atoms with Crippen molar-refractivity contribution < 1.29 is 13.2 Å². The Morgan fingerprint density at radius 1 is 1.16 bits per heavy atom. The minimum Gasteiger partial charge on any atom is -0.488 e. The van der Waals surface area contributed by atoms with Gasteiger partial charge in [-0.15, -0.1) is 0 Å². The van der Waals surface area contributed by atoms with E-state index in [1.54, 1.807) is 0 Å². The monoisotopic (exact) mass is 281 g/mol. The molecule has 1 aromatic carbocycles. The highest BCUT2D eigenvalue weighted by Gasteiger charge is 2.35. The van der Waals surface area contributed by atoms with Crippen LogP contribution in [0.25, 0.3) is 0 Å². The van der Waals surface area contributed by atoms with Crippen molar-refractivity contribution in [3.63, 3.8) is 0 Å². The Morgan fingerprint density at radius 3 is 2.63 bits per heavy atom. The second kappa shape index (κ2) is 5.13. The van der Waals surface area contributed by atoms with Crippen LogP contribution in [0.4, 0.5) is 0 Å². The molecule has 1 unspecified atom stereocenters. The fraction of sp³-hybridized carbons (Fsp3) is 0.571. The summed E-state index contributed by atoms with van der Waals surface area (Å²) in [5.41, 5.74) is 1.16. The van der Waals surface area contributed by atoms with Crippen LogP contribution in [0.1, 0.15) is 30.9 Å². The number of piperidine rings is 1. The predicted octanol–water partition coefficient (Wildman–Crippen LogP) is 1.68. The van der Waals surface area contributed by atoms with E-state index in [4.69, 9.17) is 4.74 Å². The summed E-state index contributed by atoms with van der Waals surface area (Å²) in [7, 11) is -2.83. The molecule has 2 aliphatic heterocycles. The van der Waals surface area contributed by atoms with E-state index in [1.165, 1.54) is 12.8 Å². The van der Waals surface area contributed by atoms with Crippen molar-refractivity contribution in [3.05, 3.63) is 29.8 Å². The number of para-hydroxylation sites is 1. The zero-order chi connectivity index (χ0) is 13.3. The Labute approximate surface area is 114 Å². The van der Waals surface area contributed by atoms with Crippen molar-refractivity contribution in [3.8, 4) is 5.75 Å². The molecule has 3 rings (SSSR count). The fourth-order valence-electron chi connectivity index (χ4n) is 2.76. The van der Waals surface area contributed by atoms with Crippen molar-refractivity contribution in [2.24, 2.45) is 0 Å². The highest BCUT2D eigenvalue weighted by atomic mass is 32.2. The third-order valence-electron chi connectivity index (χ3n) is 3.78. The number of hydrogen-bond donors (Lipinski definition) is 1. The van der Waals surface area contributed by atoms with Gasteiger partial charge >= 0.3 is 0 Å². The normalized spacial score (nSPS) is 26.6. The second-order valence-electron chi connectivity index (χ2n) is 5.36. The maximum atomic E-state index is 11.2. The molecule has 19 heavy (non-hydrogen) atoms. The Bertz CT molecular complexity index is 538. The minimum atomic E-state index is -2.83. The molecule has 0 aromatic heterocycles. The van der Waals surface area contributed by atoms with Crippen molar-refractivity contribution in [1.82, 2.24) is 5.32 Å². The lowest BCUT2D eigenvalue weighted by molar-refractivity contribution is 0.224. The Morgan fingerprint density at radius 2 is 1.95 bits per heavy atom. The molecule has 2 aliphatic rings. The van der Waals surface area contributed by atoms with Gasteiger partial charge in [-0.1, -0.05) is 24.6 Å². The van der Waals surface area contributed by atoms with E-state index in [0.29, 0.717) is 6.04 Å². The summed E-state index contributed by atoms with van der Waals surface area (Å²) in [5.74, 6) is 1.14. The lowest BCUT2D eigenvalue weighted by Gasteiger charge is -2.30. The first kappa shape index (κ1) is 12.9. The number of ether oxygens (including phenoxy) is 1. The van der Waals surface area contributed by atoms with Crippen LogP contribution in [-0.2, 0) is 9.84 Å². The zero-order valence-corrected chi connectivity index (χ0v) is 11.7. The van der Waals surface area contributed by atoms with E-state index in [0.717, 1.165) is 24.3 Å². The van der Waals surface area contributed by atoms with Gasteiger partial charge in [0.25, 0.3) is 0 Å². The maximum absolute atomic E-state index is 11.2. The van der Waals surface area contributed by atoms with Crippen LogP contribution in [-0.4, -0.2) is 32.6 Å². The highest BCUT2D eigenvalue weighted by molar-refractivity contribution is 7.92. The van der Waals surface area contributed by atoms with Gasteiger partial charge in [-0.2, -0.15) is 0 Å². The van der Waals surface area contributed by atoms with Gasteiger partial charge in [0.15, 0.2) is 9.84 Å². The molecule has 2 heterocycles. The predicted molar refractivity (Wildman–Crippen MR) is 74.1 cm³/mol. The van der Waals surface area contributed by atoms with Gasteiger partial charge in [-0.25, -0.2) is 8.42 Å². The number of nitrogens with one attached hydrogen (secondary N) is 1. The van der Waals surface area contributed by atoms with Crippen LogP contribution in [0.2, 0.25) is 0 Å². The fourth-order valence-corrected chi connectivity index (χ4v) is 3.93. The lowest BCUT2D eigenvalue weighted by atomic mass is 9.97. The van der Waals surface area contributed by atoms with Gasteiger partial charge in [-0.3, -0.25) is 0 Å². The summed E-state index contributed by atoms with van der Waals surface area (Å²) >= 11 is 0. The van der Waals surface area contributed by atoms with Crippen LogP contribution >= 0.6 is 0 Å². The maximum Gasteiger partial charge on any atom is 0.157 e. The molecule has 5 heteroatoms. The molecule has 104 valence electrons. The Balaban J connectivity index is 1.74. The summed E-state index contributed by atoms with van der Waals surface area (Å²) in [4.78, 5) is 0. The van der Waals surface area contributed by atoms with E-state index in [-0.39, 0.29) is 17.6 Å². The molecule has 0 aliphatic carbocycles. The second-order valence-corrected chi connectivity index (χ2v) is 7.51. The molecular weight excluding hydrogens is 262 g/mol. The first-order valence-electron chi connectivity index (χ1n) is 6.83. The van der Waals surface area contributed by atoms with E-state index in [9.17, 15) is 8.42 Å². The largest absolute Gasteiger partial charge is 0.488 e. The molecule has 2 saturated heterocycles. The van der Waals surface area contributed by atoms with E-state index >= 15 is 0 Å². The molecule has 1 aromatic rings. The van der Waals surface area contributed by atoms with Crippen LogP contribution in [0, 0.1) is 0 Å². The minimum absolute atomic E-state index is 0.152. The molecule has 1 N–H and O–H groups in total. The average molecular weight is 281 g/mol. The van der Waals surface area contributed by atoms with Crippen molar-refractivity contribution in [1.29, 1.82) is 0 Å². The summed E-state index contributed by atoms with van der Waals surface area (Å²) < 4.78 is 28.2. The van der Waals surface area contributed by atoms with Crippen LogP contribution in [0.15, 0.2) is 24.3 Å². The third-order valence-corrected chi connectivity index (χ3v) is 5.54. The van der Waals surface area contributed by atoms with E-state index in [1.807, 2.05) is 18.2 Å². The lowest BCUT2D eigenvalue weighted by Crippen LogP contribution is -2.45. The number of hydrogen-bond acceptors (Lipinski definition) is 4. The van der Waals surface area contributed by atoms with Gasteiger partial charge in [-0.05, 0) is 25.5 Å². The van der Waals surface area contributed by atoms with Crippen molar-refractivity contribution in [2.75, 3.05) is 18.1 Å². The smallest absolute Gasteiger partial charge is 0.157 e. The first-order valence-corrected chi connectivity index (χ1v) is 8.65. The summed E-state index contributed by atoms with van der Waals surface area (Å²) in [5, 5.41) is 3.50.